The SMILES string of the molecule is CC=CCCC1CCC(c2ccc(COC(F)(F)Cc3ccc(C4CCC(CCCCCCC)CC4)cc3)cc2)CC1. The van der Waals surface area contributed by atoms with Crippen molar-refractivity contribution in [3.05, 3.63) is 82.9 Å². The van der Waals surface area contributed by atoms with Crippen molar-refractivity contribution in [2.75, 3.05) is 0 Å². The van der Waals surface area contributed by atoms with E-state index in [1.54, 1.807) is 0 Å². The highest BCUT2D eigenvalue weighted by Gasteiger charge is 2.31. The van der Waals surface area contributed by atoms with Crippen LogP contribution in [-0.4, -0.2) is 6.11 Å². The van der Waals surface area contributed by atoms with Gasteiger partial charge in [0.2, 0.25) is 0 Å². The van der Waals surface area contributed by atoms with Crippen molar-refractivity contribution in [1.82, 2.24) is 0 Å². The predicted molar refractivity (Wildman–Crippen MR) is 173 cm³/mol. The standard InChI is InChI=1S/C39H56F2O/c1-3-5-7-8-10-12-32-15-23-35(24-16-32)37-25-17-33(18-26-37)29-39(40,41)42-30-34-19-27-38(28-20-34)36-21-13-31(14-22-36)11-9-6-4-2/h4,6,17-20,25-28,31-32,35-36H,3,5,7-16,21-24,29-30H2,1-2H3. The first-order valence-electron chi connectivity index (χ1n) is 17.3. The van der Waals surface area contributed by atoms with E-state index in [1.807, 2.05) is 24.3 Å². The van der Waals surface area contributed by atoms with E-state index in [4.69, 9.17) is 4.74 Å². The van der Waals surface area contributed by atoms with Crippen LogP contribution in [0, 0.1) is 11.8 Å². The average Bonchev–Trinajstić information content (AvgIpc) is 3.01. The Bertz CT molecular complexity index is 1030. The van der Waals surface area contributed by atoms with Gasteiger partial charge >= 0.3 is 6.11 Å². The number of ether oxygens (including phenoxy) is 1. The molecule has 0 N–H and O–H groups in total. The summed E-state index contributed by atoms with van der Waals surface area (Å²) in [6, 6.07) is 16.1. The normalized spacial score (nSPS) is 23.4. The van der Waals surface area contributed by atoms with E-state index in [0.29, 0.717) is 17.4 Å². The van der Waals surface area contributed by atoms with Crippen molar-refractivity contribution in [2.24, 2.45) is 11.8 Å². The fraction of sp³-hybridized carbons (Fsp3) is 0.641. The Hall–Kier alpha value is -2.00. The number of hydrogen-bond acceptors (Lipinski definition) is 1. The molecule has 42 heavy (non-hydrogen) atoms. The fourth-order valence-corrected chi connectivity index (χ4v) is 7.38. The zero-order chi connectivity index (χ0) is 29.6. The molecule has 0 bridgehead atoms. The first-order chi connectivity index (χ1) is 20.5. The minimum atomic E-state index is -3.18. The topological polar surface area (TPSA) is 9.23 Å². The third kappa shape index (κ3) is 10.9. The molecule has 2 aromatic carbocycles. The second-order valence-electron chi connectivity index (χ2n) is 13.4. The van der Waals surface area contributed by atoms with Crippen LogP contribution in [0.1, 0.15) is 151 Å². The molecule has 1 nitrogen and oxygen atoms in total. The molecule has 0 atom stereocenters. The predicted octanol–water partition coefficient (Wildman–Crippen LogP) is 12.3. The Morgan fingerprint density at radius 2 is 1.21 bits per heavy atom. The van der Waals surface area contributed by atoms with E-state index in [1.165, 1.54) is 114 Å². The van der Waals surface area contributed by atoms with Crippen LogP contribution in [0.5, 0.6) is 0 Å². The summed E-state index contributed by atoms with van der Waals surface area (Å²) in [5.41, 5.74) is 4.10. The molecule has 2 aromatic rings. The Labute approximate surface area is 255 Å². The largest absolute Gasteiger partial charge is 0.360 e. The number of hydrogen-bond donors (Lipinski definition) is 0. The highest BCUT2D eigenvalue weighted by atomic mass is 19.3. The van der Waals surface area contributed by atoms with Gasteiger partial charge in [-0.25, -0.2) is 0 Å². The van der Waals surface area contributed by atoms with Gasteiger partial charge in [0, 0.05) is 0 Å². The van der Waals surface area contributed by atoms with Gasteiger partial charge in [-0.05, 0) is 117 Å². The van der Waals surface area contributed by atoms with Gasteiger partial charge in [0.15, 0.2) is 0 Å². The lowest BCUT2D eigenvalue weighted by Crippen LogP contribution is -2.23. The summed E-state index contributed by atoms with van der Waals surface area (Å²) in [5.74, 6) is 2.90. The maximum atomic E-state index is 14.8. The number of allylic oxidation sites excluding steroid dienone is 2. The van der Waals surface area contributed by atoms with Crippen LogP contribution in [0.15, 0.2) is 60.7 Å². The van der Waals surface area contributed by atoms with Crippen molar-refractivity contribution in [3.63, 3.8) is 0 Å². The average molecular weight is 579 g/mol. The molecule has 2 saturated carbocycles. The van der Waals surface area contributed by atoms with Crippen molar-refractivity contribution in [1.29, 1.82) is 0 Å². The number of unbranched alkanes of at least 4 members (excludes halogenated alkanes) is 4. The van der Waals surface area contributed by atoms with Gasteiger partial charge < -0.3 is 4.74 Å². The molecule has 0 spiro atoms. The summed E-state index contributed by atoms with van der Waals surface area (Å²) in [5, 5.41) is 0. The summed E-state index contributed by atoms with van der Waals surface area (Å²) < 4.78 is 34.6. The molecule has 2 aliphatic rings. The van der Waals surface area contributed by atoms with Crippen molar-refractivity contribution < 1.29 is 13.5 Å². The monoisotopic (exact) mass is 578 g/mol. The van der Waals surface area contributed by atoms with E-state index in [9.17, 15) is 8.78 Å². The molecule has 0 aromatic heterocycles. The molecule has 0 aliphatic heterocycles. The van der Waals surface area contributed by atoms with Gasteiger partial charge in [0.25, 0.3) is 0 Å². The van der Waals surface area contributed by atoms with Crippen LogP contribution >= 0.6 is 0 Å². The van der Waals surface area contributed by atoms with Crippen LogP contribution in [0.4, 0.5) is 8.78 Å². The third-order valence-electron chi connectivity index (χ3n) is 10.1. The molecular formula is C39H56F2O. The second-order valence-corrected chi connectivity index (χ2v) is 13.4. The van der Waals surface area contributed by atoms with E-state index in [-0.39, 0.29) is 13.0 Å². The molecule has 0 unspecified atom stereocenters. The Kier molecular flexibility index (Phi) is 13.6. The second kappa shape index (κ2) is 17.3. The summed E-state index contributed by atoms with van der Waals surface area (Å²) in [4.78, 5) is 0. The lowest BCUT2D eigenvalue weighted by atomic mass is 9.77. The Morgan fingerprint density at radius 1 is 0.690 bits per heavy atom. The quantitative estimate of drug-likeness (QED) is 0.142. The highest BCUT2D eigenvalue weighted by Crippen LogP contribution is 2.39. The number of benzene rings is 2. The summed E-state index contributed by atoms with van der Waals surface area (Å²) in [7, 11) is 0. The van der Waals surface area contributed by atoms with E-state index in [2.05, 4.69) is 50.3 Å². The van der Waals surface area contributed by atoms with Gasteiger partial charge in [-0.15, -0.1) is 0 Å². The molecule has 0 saturated heterocycles. The van der Waals surface area contributed by atoms with Gasteiger partial charge in [0.1, 0.15) is 0 Å². The van der Waals surface area contributed by atoms with Crippen LogP contribution in [0.3, 0.4) is 0 Å². The van der Waals surface area contributed by atoms with Crippen molar-refractivity contribution in [3.8, 4) is 0 Å². The minimum absolute atomic E-state index is 0.0646. The molecule has 3 heteroatoms. The Morgan fingerprint density at radius 3 is 1.76 bits per heavy atom. The van der Waals surface area contributed by atoms with Crippen LogP contribution < -0.4 is 0 Å². The fourth-order valence-electron chi connectivity index (χ4n) is 7.38. The lowest BCUT2D eigenvalue weighted by molar-refractivity contribution is -0.244. The summed E-state index contributed by atoms with van der Waals surface area (Å²) in [6.45, 7) is 4.30. The molecular weight excluding hydrogens is 522 g/mol. The molecule has 2 fully saturated rings. The molecule has 2 aliphatic carbocycles. The molecule has 0 amide bonds. The van der Waals surface area contributed by atoms with E-state index >= 15 is 0 Å². The number of alkyl halides is 2. The lowest BCUT2D eigenvalue weighted by Gasteiger charge is -2.29. The van der Waals surface area contributed by atoms with Crippen LogP contribution in [0.25, 0.3) is 0 Å². The zero-order valence-corrected chi connectivity index (χ0v) is 26.5. The maximum absolute atomic E-state index is 14.8. The maximum Gasteiger partial charge on any atom is 0.360 e. The van der Waals surface area contributed by atoms with E-state index in [0.717, 1.165) is 17.4 Å². The van der Waals surface area contributed by atoms with Crippen molar-refractivity contribution in [2.45, 2.75) is 148 Å². The molecule has 0 radical (unpaired) electrons. The first-order valence-corrected chi connectivity index (χ1v) is 17.3. The highest BCUT2D eigenvalue weighted by molar-refractivity contribution is 5.27. The first kappa shape index (κ1) is 32.9. The van der Waals surface area contributed by atoms with Crippen LogP contribution in [0.2, 0.25) is 0 Å². The summed E-state index contributed by atoms with van der Waals surface area (Å²) in [6.07, 6.45) is 21.7. The van der Waals surface area contributed by atoms with Gasteiger partial charge in [0.05, 0.1) is 13.0 Å². The minimum Gasteiger partial charge on any atom is -0.315 e. The summed E-state index contributed by atoms with van der Waals surface area (Å²) >= 11 is 0. The van der Waals surface area contributed by atoms with Gasteiger partial charge in [-0.2, -0.15) is 8.78 Å². The van der Waals surface area contributed by atoms with Crippen molar-refractivity contribution >= 4 is 0 Å². The zero-order valence-electron chi connectivity index (χ0n) is 26.5. The Balaban J connectivity index is 1.16. The van der Waals surface area contributed by atoms with Crippen LogP contribution in [-0.2, 0) is 17.8 Å². The number of rotatable bonds is 16. The smallest absolute Gasteiger partial charge is 0.315 e. The molecule has 0 heterocycles. The van der Waals surface area contributed by atoms with Gasteiger partial charge in [-0.3, -0.25) is 0 Å². The number of halogens is 2. The van der Waals surface area contributed by atoms with E-state index < -0.39 is 6.11 Å². The molecule has 4 rings (SSSR count). The molecule has 232 valence electrons. The van der Waals surface area contributed by atoms with Gasteiger partial charge in [-0.1, -0.05) is 106 Å². The third-order valence-corrected chi connectivity index (χ3v) is 10.1.